The number of aromatic hydroxyl groups is 2. The second kappa shape index (κ2) is 57.1. The molecule has 4 rings (SSSR count). The van der Waals surface area contributed by atoms with E-state index in [2.05, 4.69) is 37.2 Å². The Hall–Kier alpha value is -11.4. The molecule has 16 atom stereocenters. The normalized spacial score (nSPS) is 15.9. The van der Waals surface area contributed by atoms with Crippen molar-refractivity contribution in [2.45, 2.75) is 271 Å². The van der Waals surface area contributed by atoms with E-state index in [1.54, 1.807) is 83.7 Å². The summed E-state index contributed by atoms with van der Waals surface area (Å²) in [6.07, 6.45) is -7.96. The van der Waals surface area contributed by atoms with E-state index in [1.165, 1.54) is 55.5 Å². The summed E-state index contributed by atoms with van der Waals surface area (Å²) in [6.45, 7) is 12.1. The number of unbranched alkanes of at least 4 members (excludes halogenated alkanes) is 1. The molecule has 0 aliphatic carbocycles. The summed E-state index contributed by atoms with van der Waals surface area (Å²) in [4.78, 5) is 263. The zero-order valence-corrected chi connectivity index (χ0v) is 77.0. The first-order valence-corrected chi connectivity index (χ1v) is 45.3. The summed E-state index contributed by atoms with van der Waals surface area (Å²) in [5.74, 6) is -29.6. The van der Waals surface area contributed by atoms with Crippen molar-refractivity contribution in [2.24, 2.45) is 64.4 Å². The van der Waals surface area contributed by atoms with Gasteiger partial charge in [-0.15, -0.1) is 0 Å². The van der Waals surface area contributed by atoms with Crippen LogP contribution in [0.2, 0.25) is 0 Å². The maximum Gasteiger partial charge on any atom is 0.304 e. The third-order valence-electron chi connectivity index (χ3n) is 24.0. The van der Waals surface area contributed by atoms with Gasteiger partial charge in [0.05, 0.1) is 98.6 Å². The van der Waals surface area contributed by atoms with E-state index in [9.17, 15) is 137 Å². The lowest BCUT2D eigenvalue weighted by Gasteiger charge is -2.28. The van der Waals surface area contributed by atoms with Crippen LogP contribution in [0.1, 0.15) is 220 Å². The Labute approximate surface area is 769 Å². The van der Waals surface area contributed by atoms with E-state index in [0.717, 1.165) is 19.8 Å². The first kappa shape index (κ1) is 113. The van der Waals surface area contributed by atoms with Gasteiger partial charge in [-0.3, -0.25) is 91.1 Å². The largest absolute Gasteiger partial charge is 0.508 e. The number of carboxylic acids is 3. The van der Waals surface area contributed by atoms with E-state index in [1.807, 2.05) is 0 Å². The quantitative estimate of drug-likeness (QED) is 0.0358. The number of aliphatic hydroxyl groups is 4. The van der Waals surface area contributed by atoms with Gasteiger partial charge >= 0.3 is 17.9 Å². The van der Waals surface area contributed by atoms with Crippen LogP contribution in [-0.2, 0) is 110 Å². The van der Waals surface area contributed by atoms with Crippen LogP contribution in [0.15, 0.2) is 78.9 Å². The number of aliphatic hydroxyl groups excluding tert-OH is 4. The van der Waals surface area contributed by atoms with E-state index >= 15 is 0 Å². The zero-order valence-electron chi connectivity index (χ0n) is 77.0. The molecule has 730 valence electrons. The van der Waals surface area contributed by atoms with Crippen molar-refractivity contribution in [3.8, 4) is 11.5 Å². The topological polar surface area (TPSA) is 620 Å². The fourth-order valence-corrected chi connectivity index (χ4v) is 15.4. The molecule has 1 aliphatic rings. The molecule has 132 heavy (non-hydrogen) atoms. The van der Waals surface area contributed by atoms with Gasteiger partial charge in [0.1, 0.15) is 29.1 Å². The summed E-state index contributed by atoms with van der Waals surface area (Å²) in [5.41, 5.74) is 5.62. The second-order valence-corrected chi connectivity index (χ2v) is 36.0. The molecule has 37 nitrogen and oxygen atoms in total. The highest BCUT2D eigenvalue weighted by Crippen LogP contribution is 2.31. The summed E-state index contributed by atoms with van der Waals surface area (Å²) in [7, 11) is 0. The molecule has 1 saturated heterocycles. The van der Waals surface area contributed by atoms with Gasteiger partial charge in [0, 0.05) is 107 Å². The average molecular weight is 1850 g/mol. The number of carboxylic acid groups (broad SMARTS) is 3. The molecular formula is C95H137N9O28. The van der Waals surface area contributed by atoms with Crippen LogP contribution in [0, 0.1) is 58.7 Å². The van der Waals surface area contributed by atoms with Gasteiger partial charge in [0.25, 0.3) is 0 Å². The third-order valence-corrected chi connectivity index (χ3v) is 24.0. The molecule has 18 N–H and O–H groups in total. The Kier molecular flexibility index (Phi) is 48.9. The lowest BCUT2D eigenvalue weighted by molar-refractivity contribution is -0.143. The van der Waals surface area contributed by atoms with Crippen molar-refractivity contribution in [3.05, 3.63) is 95.6 Å². The monoisotopic (exact) mass is 1850 g/mol. The number of phenolic OH excluding ortho intramolecular Hbond substituents is 2. The standard InChI is InChI=1S/C95H137N9O28/c1-10-55(4)87(81(117)44-63(39-60-22-27-67(109)28-23-60)90(128)99-73(38-54(2)3)77(113)42-64(47-85(122)123)89(127)98-56(5)18-14-16-35-96)103-92(130)66(52-105)45-78(114)74(41-61-24-29-68(110)30-25-61)100-91(129)65(48-86(124)125)43-79(115)76(53-106)102-94(132)72(58(7)108)50-80(116)75(40-59-19-12-11-13-20-59)101-93(131)71(57(6)107)49-70(112)51-97-88(126)62(26-31-84(120)121)46-82(118)95(8,9)34-32-69(111)33-37-104-36-17-15-21-83(104)119/h11-13,19-20,22-25,27-30,54-58,62-66,71-76,87,105-110H,10,14-18,21,26,31-53,96H2,1-9H3,(H,97,126)(H,98,127)(H,99,128)(H,100,129)(H,101,131)(H,102,132)(H,103,130)(H,120,121)(H,122,123)(H,124,125)/t55-,56+,57+,58+,62+,63+,64-,65-,66-,71-,72-,73-,74-,75-,76-,87-/m0/s1. The predicted molar refractivity (Wildman–Crippen MR) is 480 cm³/mol. The van der Waals surface area contributed by atoms with E-state index in [0.29, 0.717) is 49.9 Å². The minimum atomic E-state index is -1.99. The number of ketones is 8. The molecule has 37 heteroatoms. The van der Waals surface area contributed by atoms with Crippen LogP contribution in [0.5, 0.6) is 11.5 Å². The molecule has 0 spiro atoms. The number of phenols is 2. The Morgan fingerprint density at radius 1 is 0.455 bits per heavy atom. The van der Waals surface area contributed by atoms with E-state index in [4.69, 9.17) is 5.73 Å². The van der Waals surface area contributed by atoms with Crippen LogP contribution < -0.4 is 43.0 Å². The molecule has 0 saturated carbocycles. The minimum absolute atomic E-state index is 0.00995. The number of piperidine rings is 1. The Balaban J connectivity index is 1.54. The molecule has 8 amide bonds. The van der Waals surface area contributed by atoms with Crippen molar-refractivity contribution in [1.82, 2.24) is 42.1 Å². The first-order chi connectivity index (χ1) is 62.2. The number of carbonyl (C=O) groups excluding carboxylic acids is 16. The van der Waals surface area contributed by atoms with Gasteiger partial charge in [0.2, 0.25) is 47.3 Å². The Morgan fingerprint density at radius 2 is 0.932 bits per heavy atom. The molecule has 1 fully saturated rings. The van der Waals surface area contributed by atoms with Crippen LogP contribution in [0.25, 0.3) is 0 Å². The van der Waals surface area contributed by atoms with Crippen LogP contribution in [0.3, 0.4) is 0 Å². The van der Waals surface area contributed by atoms with Crippen molar-refractivity contribution in [1.29, 1.82) is 0 Å². The molecule has 0 unspecified atom stereocenters. The number of nitrogens with one attached hydrogen (secondary N) is 7. The van der Waals surface area contributed by atoms with Crippen LogP contribution in [0.4, 0.5) is 0 Å². The fourth-order valence-electron chi connectivity index (χ4n) is 15.4. The molecule has 0 radical (unpaired) electrons. The summed E-state index contributed by atoms with van der Waals surface area (Å²) < 4.78 is 0. The van der Waals surface area contributed by atoms with E-state index in [-0.39, 0.29) is 98.6 Å². The minimum Gasteiger partial charge on any atom is -0.508 e. The molecule has 0 bridgehead atoms. The first-order valence-electron chi connectivity index (χ1n) is 45.3. The fraction of sp³-hybridized carbons (Fsp3) is 0.611. The molecule has 1 aliphatic heterocycles. The number of amides is 8. The SMILES string of the molecule is CC[C@H](C)[C@H](NC(=O)[C@H](CO)CC(=O)[C@H](Cc1ccc(O)cc1)NC(=O)[C@H](CC(=O)O)CC(=O)[C@H](CO)NC(=O)[C@@H](CC(=O)[C@H](Cc1ccccc1)NC(=O)[C@@H](CC(=O)CNC(=O)[C@H](CCC(=O)O)CC(=O)C(C)(C)CCC(=O)CCN1CCCCC1=O)[C@@H](C)O)[C@@H](C)O)C(=O)C[C@@H](Cc1ccc(O)cc1)C(=O)N[C@@H](CC(C)C)C(=O)C[C@@H](CC(=O)O)C(=O)N[C@H](C)CCCCN. The number of carbonyl (C=O) groups is 19. The number of nitrogens with two attached hydrogens (primary N) is 1. The Morgan fingerprint density at radius 3 is 1.45 bits per heavy atom. The summed E-state index contributed by atoms with van der Waals surface area (Å²) in [6, 6.07) is 10.5. The molecule has 3 aromatic carbocycles. The number of likely N-dealkylation sites (tertiary alicyclic amines) is 1. The molecule has 1 heterocycles. The highest BCUT2D eigenvalue weighted by molar-refractivity contribution is 6.01. The number of hydrogen-bond donors (Lipinski definition) is 17. The van der Waals surface area contributed by atoms with Gasteiger partial charge in [-0.1, -0.05) is 109 Å². The van der Waals surface area contributed by atoms with Crippen molar-refractivity contribution in [3.63, 3.8) is 0 Å². The highest BCUT2D eigenvalue weighted by atomic mass is 16.4. The second-order valence-electron chi connectivity index (χ2n) is 36.0. The van der Waals surface area contributed by atoms with Crippen LogP contribution >= 0.6 is 0 Å². The number of nitrogens with zero attached hydrogens (tertiary/aromatic N) is 1. The van der Waals surface area contributed by atoms with E-state index < -0.39 is 285 Å². The predicted octanol–water partition coefficient (Wildman–Crippen LogP) is 3.76. The van der Waals surface area contributed by atoms with Gasteiger partial charge < -0.3 is 93.8 Å². The maximum atomic E-state index is 14.9. The summed E-state index contributed by atoms with van der Waals surface area (Å²) >= 11 is 0. The van der Waals surface area contributed by atoms with Gasteiger partial charge in [-0.2, -0.15) is 0 Å². The number of Topliss-reactive ketones (excluding diaryl/α,β-unsaturated/α-hetero) is 8. The van der Waals surface area contributed by atoms with Crippen molar-refractivity contribution < 1.29 is 137 Å². The molecule has 3 aromatic rings. The highest BCUT2D eigenvalue weighted by Gasteiger charge is 2.42. The number of rotatable bonds is 66. The molecular weight excluding hydrogens is 1720 g/mol. The van der Waals surface area contributed by atoms with Crippen molar-refractivity contribution in [2.75, 3.05) is 39.4 Å². The lowest BCUT2D eigenvalue weighted by Crippen LogP contribution is -2.52. The van der Waals surface area contributed by atoms with Gasteiger partial charge in [0.15, 0.2) is 34.7 Å². The van der Waals surface area contributed by atoms with Gasteiger partial charge in [-0.05, 0) is 144 Å². The third kappa shape index (κ3) is 40.4. The number of benzene rings is 3. The molecule has 0 aromatic heterocycles. The number of aliphatic carboxylic acids is 3. The number of hydrogen-bond acceptors (Lipinski definition) is 26. The average Bonchev–Trinajstić information content (AvgIpc) is 0.869. The van der Waals surface area contributed by atoms with Crippen molar-refractivity contribution >= 4 is 111 Å². The zero-order chi connectivity index (χ0) is 98.8. The van der Waals surface area contributed by atoms with Gasteiger partial charge in [-0.25, -0.2) is 0 Å². The smallest absolute Gasteiger partial charge is 0.304 e. The lowest BCUT2D eigenvalue weighted by atomic mass is 9.78. The maximum absolute atomic E-state index is 14.9. The van der Waals surface area contributed by atoms with Crippen LogP contribution in [-0.4, -0.2) is 250 Å². The Bertz CT molecular complexity index is 4400. The summed E-state index contributed by atoms with van der Waals surface area (Å²) in [5, 5.41) is 111.